The van der Waals surface area contributed by atoms with Gasteiger partial charge in [-0.3, -0.25) is 4.90 Å². The minimum atomic E-state index is 0.747. The molecular weight excluding hydrogens is 196 g/mol. The van der Waals surface area contributed by atoms with E-state index in [1.165, 1.54) is 51.7 Å². The summed E-state index contributed by atoms with van der Waals surface area (Å²) in [6.07, 6.45) is 6.92. The highest BCUT2D eigenvalue weighted by atomic mass is 15.2. The van der Waals surface area contributed by atoms with E-state index < -0.39 is 0 Å². The Morgan fingerprint density at radius 3 is 2.44 bits per heavy atom. The molecular formula is C14H30N2. The monoisotopic (exact) mass is 226 g/mol. The van der Waals surface area contributed by atoms with E-state index in [0.29, 0.717) is 0 Å². The van der Waals surface area contributed by atoms with E-state index >= 15 is 0 Å². The molecule has 1 saturated carbocycles. The van der Waals surface area contributed by atoms with Crippen molar-refractivity contribution in [3.8, 4) is 0 Å². The number of hydrogen-bond acceptors (Lipinski definition) is 2. The third-order valence-electron chi connectivity index (χ3n) is 3.92. The van der Waals surface area contributed by atoms with Crippen LogP contribution in [0.25, 0.3) is 0 Å². The van der Waals surface area contributed by atoms with E-state index in [1.807, 2.05) is 0 Å². The first-order chi connectivity index (χ1) is 7.81. The lowest BCUT2D eigenvalue weighted by Crippen LogP contribution is -2.45. The summed E-state index contributed by atoms with van der Waals surface area (Å²) >= 11 is 0. The van der Waals surface area contributed by atoms with Gasteiger partial charge in [0, 0.05) is 19.1 Å². The van der Waals surface area contributed by atoms with Crippen LogP contribution in [0.2, 0.25) is 0 Å². The summed E-state index contributed by atoms with van der Waals surface area (Å²) in [5.74, 6) is 1.00. The van der Waals surface area contributed by atoms with Crippen LogP contribution in [0.15, 0.2) is 0 Å². The molecule has 0 heterocycles. The largest absolute Gasteiger partial charge is 0.315 e. The van der Waals surface area contributed by atoms with E-state index in [1.54, 1.807) is 0 Å². The Morgan fingerprint density at radius 1 is 1.25 bits per heavy atom. The van der Waals surface area contributed by atoms with Crippen LogP contribution >= 0.6 is 0 Å². The highest BCUT2D eigenvalue weighted by molar-refractivity contribution is 4.78. The molecule has 0 aromatic heterocycles. The molecule has 2 nitrogen and oxygen atoms in total. The number of likely N-dealkylation sites (N-methyl/N-ethyl adjacent to an activating group) is 1. The number of hydrogen-bond donors (Lipinski definition) is 1. The Morgan fingerprint density at radius 2 is 2.00 bits per heavy atom. The molecule has 0 spiro atoms. The summed E-state index contributed by atoms with van der Waals surface area (Å²) in [4.78, 5) is 2.69. The van der Waals surface area contributed by atoms with Crippen molar-refractivity contribution in [2.45, 2.75) is 58.9 Å². The molecule has 16 heavy (non-hydrogen) atoms. The third kappa shape index (κ3) is 4.42. The summed E-state index contributed by atoms with van der Waals surface area (Å²) in [5.41, 5.74) is 0. The molecule has 0 bridgehead atoms. The number of nitrogens with one attached hydrogen (secondary N) is 1. The van der Waals surface area contributed by atoms with Crippen molar-refractivity contribution in [1.29, 1.82) is 0 Å². The molecule has 0 saturated heterocycles. The van der Waals surface area contributed by atoms with Gasteiger partial charge < -0.3 is 5.32 Å². The van der Waals surface area contributed by atoms with Crippen molar-refractivity contribution in [3.05, 3.63) is 0 Å². The minimum Gasteiger partial charge on any atom is -0.315 e. The molecule has 96 valence electrons. The molecule has 0 aromatic carbocycles. The second kappa shape index (κ2) is 8.08. The van der Waals surface area contributed by atoms with Crippen LogP contribution < -0.4 is 5.32 Å². The van der Waals surface area contributed by atoms with Gasteiger partial charge in [-0.25, -0.2) is 0 Å². The Labute approximate surface area is 102 Å². The van der Waals surface area contributed by atoms with E-state index in [4.69, 9.17) is 0 Å². The molecule has 0 aromatic rings. The van der Waals surface area contributed by atoms with E-state index in [2.05, 4.69) is 31.0 Å². The summed E-state index contributed by atoms with van der Waals surface area (Å²) < 4.78 is 0. The predicted molar refractivity (Wildman–Crippen MR) is 71.8 cm³/mol. The maximum atomic E-state index is 3.57. The third-order valence-corrected chi connectivity index (χ3v) is 3.92. The fourth-order valence-corrected chi connectivity index (χ4v) is 2.52. The molecule has 0 aliphatic heterocycles. The van der Waals surface area contributed by atoms with Crippen LogP contribution in [0.4, 0.5) is 0 Å². The second-order valence-electron chi connectivity index (χ2n) is 5.15. The van der Waals surface area contributed by atoms with E-state index in [9.17, 15) is 0 Å². The van der Waals surface area contributed by atoms with Crippen molar-refractivity contribution in [2.24, 2.45) is 5.92 Å². The molecule has 1 unspecified atom stereocenters. The fourth-order valence-electron chi connectivity index (χ4n) is 2.52. The number of nitrogens with zero attached hydrogens (tertiary/aromatic N) is 1. The van der Waals surface area contributed by atoms with Crippen molar-refractivity contribution in [2.75, 3.05) is 26.2 Å². The first-order valence-corrected chi connectivity index (χ1v) is 7.26. The average molecular weight is 226 g/mol. The van der Waals surface area contributed by atoms with Crippen LogP contribution in [0, 0.1) is 5.92 Å². The van der Waals surface area contributed by atoms with Gasteiger partial charge in [0.1, 0.15) is 0 Å². The van der Waals surface area contributed by atoms with Gasteiger partial charge in [0.2, 0.25) is 0 Å². The molecule has 1 aliphatic carbocycles. The number of rotatable bonds is 9. The first-order valence-electron chi connectivity index (χ1n) is 7.26. The quantitative estimate of drug-likeness (QED) is 0.608. The molecule has 1 N–H and O–H groups in total. The zero-order chi connectivity index (χ0) is 11.8. The van der Waals surface area contributed by atoms with Gasteiger partial charge in [-0.2, -0.15) is 0 Å². The maximum Gasteiger partial charge on any atom is 0.0218 e. The zero-order valence-electron chi connectivity index (χ0n) is 11.5. The van der Waals surface area contributed by atoms with Gasteiger partial charge in [-0.05, 0) is 44.7 Å². The van der Waals surface area contributed by atoms with Crippen LogP contribution in [0.5, 0.6) is 0 Å². The standard InChI is InChI=1S/C14H30N2/c1-4-10-15-11-14(5-2)16(6-3)12-13-8-7-9-13/h13-15H,4-12H2,1-3H3. The second-order valence-corrected chi connectivity index (χ2v) is 5.15. The molecule has 1 atom stereocenters. The lowest BCUT2D eigenvalue weighted by atomic mass is 9.85. The zero-order valence-corrected chi connectivity index (χ0v) is 11.5. The fraction of sp³-hybridized carbons (Fsp3) is 1.00. The van der Waals surface area contributed by atoms with Crippen molar-refractivity contribution < 1.29 is 0 Å². The molecule has 1 rings (SSSR count). The predicted octanol–water partition coefficient (Wildman–Crippen LogP) is 2.89. The van der Waals surface area contributed by atoms with Crippen molar-refractivity contribution >= 4 is 0 Å². The van der Waals surface area contributed by atoms with Crippen LogP contribution in [0.3, 0.4) is 0 Å². The van der Waals surface area contributed by atoms with Crippen LogP contribution in [-0.4, -0.2) is 37.1 Å². The van der Waals surface area contributed by atoms with E-state index in [0.717, 1.165) is 18.5 Å². The Balaban J connectivity index is 2.27. The summed E-state index contributed by atoms with van der Waals surface area (Å²) in [5, 5.41) is 3.57. The molecule has 1 fully saturated rings. The summed E-state index contributed by atoms with van der Waals surface area (Å²) in [7, 11) is 0. The Kier molecular flexibility index (Phi) is 7.06. The Hall–Kier alpha value is -0.0800. The summed E-state index contributed by atoms with van der Waals surface area (Å²) in [6.45, 7) is 11.7. The molecule has 0 amide bonds. The normalized spacial score (nSPS) is 18.8. The van der Waals surface area contributed by atoms with Crippen LogP contribution in [-0.2, 0) is 0 Å². The maximum absolute atomic E-state index is 3.57. The molecule has 0 radical (unpaired) electrons. The van der Waals surface area contributed by atoms with Gasteiger partial charge in [-0.15, -0.1) is 0 Å². The van der Waals surface area contributed by atoms with Gasteiger partial charge in [-0.1, -0.05) is 27.2 Å². The lowest BCUT2D eigenvalue weighted by molar-refractivity contribution is 0.133. The smallest absolute Gasteiger partial charge is 0.0218 e. The van der Waals surface area contributed by atoms with Crippen LogP contribution in [0.1, 0.15) is 52.9 Å². The highest BCUT2D eigenvalue weighted by Gasteiger charge is 2.23. The van der Waals surface area contributed by atoms with Crippen molar-refractivity contribution in [1.82, 2.24) is 10.2 Å². The molecule has 1 aliphatic rings. The average Bonchev–Trinajstić information content (AvgIpc) is 2.25. The van der Waals surface area contributed by atoms with Crippen molar-refractivity contribution in [3.63, 3.8) is 0 Å². The Bertz CT molecular complexity index is 166. The van der Waals surface area contributed by atoms with Gasteiger partial charge in [0.25, 0.3) is 0 Å². The topological polar surface area (TPSA) is 15.3 Å². The lowest BCUT2D eigenvalue weighted by Gasteiger charge is -2.36. The van der Waals surface area contributed by atoms with E-state index in [-0.39, 0.29) is 0 Å². The summed E-state index contributed by atoms with van der Waals surface area (Å²) in [6, 6.07) is 0.747. The van der Waals surface area contributed by atoms with Gasteiger partial charge in [0.05, 0.1) is 0 Å². The van der Waals surface area contributed by atoms with Gasteiger partial charge in [0.15, 0.2) is 0 Å². The molecule has 2 heteroatoms. The highest BCUT2D eigenvalue weighted by Crippen LogP contribution is 2.27. The minimum absolute atomic E-state index is 0.747. The SMILES string of the molecule is CCCNCC(CC)N(CC)CC1CCC1. The first kappa shape index (κ1) is 14.0. The van der Waals surface area contributed by atoms with Gasteiger partial charge >= 0.3 is 0 Å².